The normalized spacial score (nSPS) is 10.3. The van der Waals surface area contributed by atoms with Crippen molar-refractivity contribution in [1.82, 2.24) is 9.97 Å². The molecule has 2 aromatic carbocycles. The Morgan fingerprint density at radius 3 is 2.60 bits per heavy atom. The van der Waals surface area contributed by atoms with Gasteiger partial charge in [-0.05, 0) is 42.8 Å². The van der Waals surface area contributed by atoms with Gasteiger partial charge in [0.05, 0.1) is 4.92 Å². The summed E-state index contributed by atoms with van der Waals surface area (Å²) in [5.74, 6) is 0.293. The Bertz CT molecular complexity index is 919. The number of nitrogens with one attached hydrogen (secondary N) is 1. The van der Waals surface area contributed by atoms with E-state index in [1.807, 2.05) is 25.1 Å². The molecule has 0 saturated heterocycles. The van der Waals surface area contributed by atoms with Crippen LogP contribution >= 0.6 is 11.6 Å². The highest BCUT2D eigenvalue weighted by Crippen LogP contribution is 2.36. The van der Waals surface area contributed by atoms with Gasteiger partial charge in [0.15, 0.2) is 0 Å². The first-order valence-corrected chi connectivity index (χ1v) is 7.68. The minimum Gasteiger partial charge on any atom is -0.434 e. The molecule has 0 saturated carbocycles. The van der Waals surface area contributed by atoms with Crippen LogP contribution in [-0.4, -0.2) is 14.9 Å². The summed E-state index contributed by atoms with van der Waals surface area (Å²) in [6.45, 7) is 1.81. The van der Waals surface area contributed by atoms with Crippen molar-refractivity contribution in [2.75, 3.05) is 5.32 Å². The van der Waals surface area contributed by atoms with Gasteiger partial charge in [0, 0.05) is 10.7 Å². The predicted molar refractivity (Wildman–Crippen MR) is 94.7 cm³/mol. The highest BCUT2D eigenvalue weighted by molar-refractivity contribution is 6.31. The van der Waals surface area contributed by atoms with Gasteiger partial charge in [-0.1, -0.05) is 29.8 Å². The quantitative estimate of drug-likeness (QED) is 0.517. The summed E-state index contributed by atoms with van der Waals surface area (Å²) in [5.41, 5.74) is 1.11. The molecule has 0 amide bonds. The fraction of sp³-hybridized carbons (Fsp3) is 0.0588. The Morgan fingerprint density at radius 1 is 1.16 bits per heavy atom. The number of aryl methyl sites for hydroxylation is 1. The Hall–Kier alpha value is -3.19. The van der Waals surface area contributed by atoms with Gasteiger partial charge in [-0.2, -0.15) is 4.98 Å². The zero-order chi connectivity index (χ0) is 17.8. The largest absolute Gasteiger partial charge is 0.434 e. The molecule has 1 heterocycles. The second-order valence-corrected chi connectivity index (χ2v) is 5.54. The average molecular weight is 357 g/mol. The number of hydrogen-bond acceptors (Lipinski definition) is 6. The second kappa shape index (κ2) is 7.14. The van der Waals surface area contributed by atoms with Crippen molar-refractivity contribution in [1.29, 1.82) is 0 Å². The van der Waals surface area contributed by atoms with Crippen LogP contribution in [0.1, 0.15) is 5.56 Å². The summed E-state index contributed by atoms with van der Waals surface area (Å²) in [6.07, 6.45) is 1.20. The van der Waals surface area contributed by atoms with E-state index in [0.717, 1.165) is 5.56 Å². The van der Waals surface area contributed by atoms with Crippen LogP contribution < -0.4 is 10.1 Å². The monoisotopic (exact) mass is 356 g/mol. The summed E-state index contributed by atoms with van der Waals surface area (Å²) in [7, 11) is 0. The van der Waals surface area contributed by atoms with Crippen molar-refractivity contribution in [3.63, 3.8) is 0 Å². The second-order valence-electron chi connectivity index (χ2n) is 5.14. The molecule has 126 valence electrons. The molecule has 3 aromatic rings. The van der Waals surface area contributed by atoms with E-state index in [0.29, 0.717) is 16.5 Å². The maximum Gasteiger partial charge on any atom is 0.373 e. The van der Waals surface area contributed by atoms with E-state index in [2.05, 4.69) is 15.3 Å². The third-order valence-corrected chi connectivity index (χ3v) is 3.78. The number of anilines is 2. The summed E-state index contributed by atoms with van der Waals surface area (Å²) < 4.78 is 5.59. The summed E-state index contributed by atoms with van der Waals surface area (Å²) in [5, 5.41) is 15.0. The fourth-order valence-corrected chi connectivity index (χ4v) is 2.26. The number of halogens is 1. The molecule has 0 bridgehead atoms. The maximum absolute atomic E-state index is 11.5. The van der Waals surface area contributed by atoms with E-state index in [9.17, 15) is 10.1 Å². The van der Waals surface area contributed by atoms with Crippen LogP contribution in [-0.2, 0) is 0 Å². The van der Waals surface area contributed by atoms with E-state index in [1.54, 1.807) is 30.3 Å². The van der Waals surface area contributed by atoms with Crippen LogP contribution in [0.15, 0.2) is 54.9 Å². The van der Waals surface area contributed by atoms with Crippen molar-refractivity contribution in [2.45, 2.75) is 6.92 Å². The lowest BCUT2D eigenvalue weighted by atomic mass is 10.2. The van der Waals surface area contributed by atoms with Crippen LogP contribution in [0.25, 0.3) is 0 Å². The number of nitrogens with zero attached hydrogens (tertiary/aromatic N) is 3. The van der Waals surface area contributed by atoms with Crippen molar-refractivity contribution >= 4 is 28.8 Å². The van der Waals surface area contributed by atoms with E-state index < -0.39 is 4.92 Å². The third-order valence-electron chi connectivity index (χ3n) is 3.35. The molecule has 7 nitrogen and oxygen atoms in total. The fourth-order valence-electron chi connectivity index (χ4n) is 2.14. The van der Waals surface area contributed by atoms with Crippen LogP contribution in [0.4, 0.5) is 17.2 Å². The van der Waals surface area contributed by atoms with Crippen LogP contribution in [0, 0.1) is 17.0 Å². The van der Waals surface area contributed by atoms with Gasteiger partial charge in [-0.15, -0.1) is 0 Å². The van der Waals surface area contributed by atoms with E-state index in [4.69, 9.17) is 16.3 Å². The number of benzene rings is 2. The van der Waals surface area contributed by atoms with Crippen molar-refractivity contribution in [2.24, 2.45) is 0 Å². The zero-order valence-corrected chi connectivity index (χ0v) is 13.9. The van der Waals surface area contributed by atoms with Crippen LogP contribution in [0.2, 0.25) is 5.02 Å². The van der Waals surface area contributed by atoms with E-state index in [1.165, 1.54) is 6.33 Å². The van der Waals surface area contributed by atoms with Crippen molar-refractivity contribution < 1.29 is 9.66 Å². The molecule has 8 heteroatoms. The molecule has 0 unspecified atom stereocenters. The molecule has 1 N–H and O–H groups in total. The summed E-state index contributed by atoms with van der Waals surface area (Å²) in [4.78, 5) is 18.8. The van der Waals surface area contributed by atoms with Gasteiger partial charge >= 0.3 is 11.6 Å². The molecular weight excluding hydrogens is 344 g/mol. The number of hydrogen-bond donors (Lipinski definition) is 1. The van der Waals surface area contributed by atoms with Crippen molar-refractivity contribution in [3.8, 4) is 11.6 Å². The van der Waals surface area contributed by atoms with Gasteiger partial charge in [-0.25, -0.2) is 4.98 Å². The minimum absolute atomic E-state index is 0.0480. The standard InChI is InChI=1S/C17H13ClN4O3/c1-11-9-13(7-8-14(11)18)25-17-15(22(23)24)16(19-10-20-17)21-12-5-3-2-4-6-12/h2-10H,1H3,(H,19,20,21). The zero-order valence-electron chi connectivity index (χ0n) is 13.1. The topological polar surface area (TPSA) is 90.2 Å². The predicted octanol–water partition coefficient (Wildman–Crippen LogP) is 4.88. The van der Waals surface area contributed by atoms with Gasteiger partial charge in [-0.3, -0.25) is 10.1 Å². The summed E-state index contributed by atoms with van der Waals surface area (Å²) >= 11 is 5.98. The first-order chi connectivity index (χ1) is 12.0. The molecule has 0 spiro atoms. The van der Waals surface area contributed by atoms with E-state index in [-0.39, 0.29) is 17.4 Å². The van der Waals surface area contributed by atoms with Gasteiger partial charge in [0.2, 0.25) is 5.82 Å². The van der Waals surface area contributed by atoms with Gasteiger partial charge in [0.1, 0.15) is 12.1 Å². The Morgan fingerprint density at radius 2 is 1.92 bits per heavy atom. The number of aromatic nitrogens is 2. The lowest BCUT2D eigenvalue weighted by Crippen LogP contribution is -2.03. The first-order valence-electron chi connectivity index (χ1n) is 7.30. The number of para-hydroxylation sites is 1. The highest BCUT2D eigenvalue weighted by Gasteiger charge is 2.25. The summed E-state index contributed by atoms with van der Waals surface area (Å²) in [6, 6.07) is 14.0. The molecule has 0 fully saturated rings. The van der Waals surface area contributed by atoms with Crippen molar-refractivity contribution in [3.05, 3.63) is 75.6 Å². The smallest absolute Gasteiger partial charge is 0.373 e. The molecule has 0 atom stereocenters. The molecule has 1 aromatic heterocycles. The number of nitro groups is 1. The number of ether oxygens (including phenoxy) is 1. The average Bonchev–Trinajstić information content (AvgIpc) is 2.59. The lowest BCUT2D eigenvalue weighted by Gasteiger charge is -2.10. The third kappa shape index (κ3) is 3.84. The first kappa shape index (κ1) is 16.7. The molecule has 0 aliphatic rings. The molecule has 3 rings (SSSR count). The van der Waals surface area contributed by atoms with E-state index >= 15 is 0 Å². The molecule has 0 aliphatic heterocycles. The van der Waals surface area contributed by atoms with Crippen LogP contribution in [0.3, 0.4) is 0 Å². The SMILES string of the molecule is Cc1cc(Oc2ncnc(Nc3ccccc3)c2[N+](=O)[O-])ccc1Cl. The molecule has 0 radical (unpaired) electrons. The lowest BCUT2D eigenvalue weighted by molar-refractivity contribution is -0.385. The highest BCUT2D eigenvalue weighted by atomic mass is 35.5. The minimum atomic E-state index is -0.580. The van der Waals surface area contributed by atoms with Crippen LogP contribution in [0.5, 0.6) is 11.6 Å². The Kier molecular flexibility index (Phi) is 4.76. The van der Waals surface area contributed by atoms with Gasteiger partial charge in [0.25, 0.3) is 0 Å². The molecular formula is C17H13ClN4O3. The molecule has 25 heavy (non-hydrogen) atoms. The number of rotatable bonds is 5. The Balaban J connectivity index is 1.97. The maximum atomic E-state index is 11.5. The van der Waals surface area contributed by atoms with Gasteiger partial charge < -0.3 is 10.1 Å². The molecule has 0 aliphatic carbocycles. The Labute approximate surface area is 148 Å².